The molecule has 0 aliphatic carbocycles. The van der Waals surface area contributed by atoms with Crippen LogP contribution in [0.1, 0.15) is 30.1 Å². The molecule has 0 aliphatic rings. The largest absolute Gasteiger partial charge is 0.383 e. The summed E-state index contributed by atoms with van der Waals surface area (Å²) < 4.78 is 6.48. The van der Waals surface area contributed by atoms with Crippen molar-refractivity contribution in [1.29, 1.82) is 0 Å². The second kappa shape index (κ2) is 10.6. The number of hydrogen-bond acceptors (Lipinski definition) is 5. The van der Waals surface area contributed by atoms with Gasteiger partial charge in [0.1, 0.15) is 5.82 Å². The smallest absolute Gasteiger partial charge is 0.330 e. The molecule has 3 N–H and O–H groups in total. The van der Waals surface area contributed by atoms with Gasteiger partial charge in [-0.3, -0.25) is 24.0 Å². The van der Waals surface area contributed by atoms with Crippen molar-refractivity contribution in [2.75, 3.05) is 30.9 Å². The molecule has 0 atom stereocenters. The molecule has 0 bridgehead atoms. The van der Waals surface area contributed by atoms with Crippen LogP contribution in [0, 0.1) is 0 Å². The maximum atomic E-state index is 13.7. The van der Waals surface area contributed by atoms with Crippen LogP contribution in [0.4, 0.5) is 11.5 Å². The zero-order valence-electron chi connectivity index (χ0n) is 18.3. The third-order valence-electron chi connectivity index (χ3n) is 5.23. The van der Waals surface area contributed by atoms with E-state index in [0.717, 1.165) is 17.5 Å². The number of nitrogens with two attached hydrogens (primary N) is 1. The minimum atomic E-state index is -0.707. The first-order valence-electron chi connectivity index (χ1n) is 10.6. The van der Waals surface area contributed by atoms with Crippen LogP contribution >= 0.6 is 0 Å². The number of unbranched alkanes of at least 4 members (excludes halogenated alkanes) is 1. The zero-order valence-corrected chi connectivity index (χ0v) is 18.3. The van der Waals surface area contributed by atoms with Crippen LogP contribution in [-0.4, -0.2) is 35.7 Å². The number of nitrogens with zero attached hydrogens (tertiary/aromatic N) is 2. The van der Waals surface area contributed by atoms with Crippen molar-refractivity contribution < 1.29 is 9.53 Å². The molecule has 0 spiro atoms. The van der Waals surface area contributed by atoms with Gasteiger partial charge in [-0.1, -0.05) is 61.9 Å². The normalized spacial score (nSPS) is 10.8. The fourth-order valence-electron chi connectivity index (χ4n) is 3.56. The average Bonchev–Trinajstić information content (AvgIpc) is 2.81. The monoisotopic (exact) mass is 436 g/mol. The highest BCUT2D eigenvalue weighted by molar-refractivity contribution is 6.11. The Morgan fingerprint density at radius 3 is 2.47 bits per heavy atom. The first-order valence-corrected chi connectivity index (χ1v) is 10.6. The maximum Gasteiger partial charge on any atom is 0.330 e. The molecule has 8 heteroatoms. The van der Waals surface area contributed by atoms with Crippen LogP contribution in [0.2, 0.25) is 0 Å². The average molecular weight is 437 g/mol. The first kappa shape index (κ1) is 23.0. The van der Waals surface area contributed by atoms with Crippen LogP contribution in [0.25, 0.3) is 11.1 Å². The van der Waals surface area contributed by atoms with Gasteiger partial charge in [-0.25, -0.2) is 4.79 Å². The topological polar surface area (TPSA) is 110 Å². The van der Waals surface area contributed by atoms with Gasteiger partial charge in [-0.05, 0) is 23.6 Å². The van der Waals surface area contributed by atoms with Crippen LogP contribution in [-0.2, 0) is 11.3 Å². The third-order valence-corrected chi connectivity index (χ3v) is 5.23. The van der Waals surface area contributed by atoms with E-state index in [-0.39, 0.29) is 24.7 Å². The molecule has 1 aromatic heterocycles. The van der Waals surface area contributed by atoms with Crippen molar-refractivity contribution in [3.05, 3.63) is 81.0 Å². The molecule has 32 heavy (non-hydrogen) atoms. The molecule has 2 aromatic carbocycles. The lowest BCUT2D eigenvalue weighted by Gasteiger charge is -2.25. The Morgan fingerprint density at radius 1 is 1.09 bits per heavy atom. The highest BCUT2D eigenvalue weighted by atomic mass is 16.5. The zero-order chi connectivity index (χ0) is 23.1. The second-order valence-corrected chi connectivity index (χ2v) is 7.36. The maximum absolute atomic E-state index is 13.7. The number of rotatable bonds is 9. The number of anilines is 2. The molecule has 0 unspecified atom stereocenters. The number of hydrogen-bond donors (Lipinski definition) is 2. The molecule has 3 rings (SSSR count). The predicted octanol–water partition coefficient (Wildman–Crippen LogP) is 2.88. The van der Waals surface area contributed by atoms with Gasteiger partial charge in [0.05, 0.1) is 6.61 Å². The van der Waals surface area contributed by atoms with Gasteiger partial charge >= 0.3 is 5.69 Å². The Balaban J connectivity index is 2.15. The van der Waals surface area contributed by atoms with Crippen molar-refractivity contribution in [1.82, 2.24) is 9.55 Å². The van der Waals surface area contributed by atoms with Crippen molar-refractivity contribution in [3.63, 3.8) is 0 Å². The fraction of sp³-hybridized carbons (Fsp3) is 0.292. The molecule has 168 valence electrons. The molecule has 0 aliphatic heterocycles. The number of nitrogens with one attached hydrogen (secondary N) is 1. The van der Waals surface area contributed by atoms with Crippen molar-refractivity contribution in [3.8, 4) is 11.1 Å². The van der Waals surface area contributed by atoms with Gasteiger partial charge in [0.2, 0.25) is 0 Å². The van der Waals surface area contributed by atoms with E-state index in [0.29, 0.717) is 18.5 Å². The SMILES string of the molecule is CCCCn1c(N)c(N(CCOC)C(=O)c2ccccc2-c2ccccc2)c(=O)[nH]c1=O. The van der Waals surface area contributed by atoms with Crippen molar-refractivity contribution >= 4 is 17.4 Å². The summed E-state index contributed by atoms with van der Waals surface area (Å²) in [5.74, 6) is -0.437. The van der Waals surface area contributed by atoms with Gasteiger partial charge in [0.25, 0.3) is 11.5 Å². The lowest BCUT2D eigenvalue weighted by atomic mass is 9.98. The summed E-state index contributed by atoms with van der Waals surface area (Å²) in [7, 11) is 1.51. The quantitative estimate of drug-likeness (QED) is 0.536. The van der Waals surface area contributed by atoms with Crippen LogP contribution in [0.3, 0.4) is 0 Å². The molecule has 0 fully saturated rings. The number of aromatic amines is 1. The van der Waals surface area contributed by atoms with Gasteiger partial charge < -0.3 is 10.5 Å². The minimum absolute atomic E-state index is 0.0335. The first-order chi connectivity index (χ1) is 15.5. The standard InChI is InChI=1S/C24H28N4O4/c1-3-4-14-28-21(25)20(22(29)26-24(28)31)27(15-16-32-2)23(30)19-13-9-8-12-18(19)17-10-6-5-7-11-17/h5-13H,3-4,14-16,25H2,1-2H3,(H,26,29,31). The molecule has 8 nitrogen and oxygen atoms in total. The lowest BCUT2D eigenvalue weighted by molar-refractivity contribution is 0.0976. The van der Waals surface area contributed by atoms with Crippen molar-refractivity contribution in [2.24, 2.45) is 0 Å². The number of aromatic nitrogens is 2. The summed E-state index contributed by atoms with van der Waals surface area (Å²) in [5, 5.41) is 0. The number of methoxy groups -OCH3 is 1. The molecule has 0 saturated carbocycles. The van der Waals surface area contributed by atoms with E-state index < -0.39 is 17.2 Å². The van der Waals surface area contributed by atoms with Crippen LogP contribution < -0.4 is 21.9 Å². The van der Waals surface area contributed by atoms with Gasteiger partial charge in [-0.2, -0.15) is 0 Å². The number of ether oxygens (including phenoxy) is 1. The Bertz CT molecular complexity index is 1180. The third kappa shape index (κ3) is 4.81. The van der Waals surface area contributed by atoms with E-state index in [1.807, 2.05) is 49.4 Å². The summed E-state index contributed by atoms with van der Waals surface area (Å²) in [5.41, 5.74) is 6.95. The second-order valence-electron chi connectivity index (χ2n) is 7.36. The van der Waals surface area contributed by atoms with E-state index in [2.05, 4.69) is 4.98 Å². The van der Waals surface area contributed by atoms with Gasteiger partial charge in [-0.15, -0.1) is 0 Å². The number of carbonyl (C=O) groups excluding carboxylic acids is 1. The Hall–Kier alpha value is -3.65. The molecule has 1 amide bonds. The minimum Gasteiger partial charge on any atom is -0.383 e. The van der Waals surface area contributed by atoms with Crippen molar-refractivity contribution in [2.45, 2.75) is 26.3 Å². The summed E-state index contributed by atoms with van der Waals surface area (Å²) in [6.07, 6.45) is 1.55. The van der Waals surface area contributed by atoms with E-state index in [1.165, 1.54) is 16.6 Å². The summed E-state index contributed by atoms with van der Waals surface area (Å²) >= 11 is 0. The highest BCUT2D eigenvalue weighted by Gasteiger charge is 2.26. The molecular formula is C24H28N4O4. The fourth-order valence-corrected chi connectivity index (χ4v) is 3.56. The molecule has 0 radical (unpaired) electrons. The van der Waals surface area contributed by atoms with Gasteiger partial charge in [0, 0.05) is 25.8 Å². The number of benzene rings is 2. The Kier molecular flexibility index (Phi) is 7.62. The summed E-state index contributed by atoms with van der Waals surface area (Å²) in [4.78, 5) is 42.5. The molecule has 3 aromatic rings. The Labute approximate surface area is 186 Å². The number of carbonyl (C=O) groups is 1. The van der Waals surface area contributed by atoms with E-state index in [1.54, 1.807) is 12.1 Å². The van der Waals surface area contributed by atoms with E-state index in [9.17, 15) is 14.4 Å². The summed E-state index contributed by atoms with van der Waals surface area (Å²) in [6.45, 7) is 2.62. The summed E-state index contributed by atoms with van der Waals surface area (Å²) in [6, 6.07) is 16.7. The Morgan fingerprint density at radius 2 is 1.78 bits per heavy atom. The number of nitrogen functional groups attached to an aromatic ring is 1. The van der Waals surface area contributed by atoms with Gasteiger partial charge in [0.15, 0.2) is 5.69 Å². The molecule has 1 heterocycles. The molecule has 0 saturated heterocycles. The van der Waals surface area contributed by atoms with E-state index in [4.69, 9.17) is 10.5 Å². The number of H-pyrrole nitrogens is 1. The van der Waals surface area contributed by atoms with Crippen LogP contribution in [0.15, 0.2) is 64.2 Å². The lowest BCUT2D eigenvalue weighted by Crippen LogP contribution is -2.42. The highest BCUT2D eigenvalue weighted by Crippen LogP contribution is 2.27. The molecular weight excluding hydrogens is 408 g/mol. The number of amides is 1. The van der Waals surface area contributed by atoms with Crippen LogP contribution in [0.5, 0.6) is 0 Å². The van der Waals surface area contributed by atoms with E-state index >= 15 is 0 Å². The predicted molar refractivity (Wildman–Crippen MR) is 126 cm³/mol.